The average molecular weight is 337 g/mol. The fourth-order valence-electron chi connectivity index (χ4n) is 2.52. The lowest BCUT2D eigenvalue weighted by Crippen LogP contribution is -3.00. The summed E-state index contributed by atoms with van der Waals surface area (Å²) in [4.78, 5) is 0. The quantitative estimate of drug-likeness (QED) is 0.737. The zero-order valence-corrected chi connectivity index (χ0v) is 14.7. The minimum absolute atomic E-state index is 0. The lowest BCUT2D eigenvalue weighted by atomic mass is 9.92. The highest BCUT2D eigenvalue weighted by Gasteiger charge is 2.19. The Balaban J connectivity index is 0.00000200. The van der Waals surface area contributed by atoms with E-state index in [2.05, 4.69) is 80.7 Å². The second-order valence-corrected chi connectivity index (χ2v) is 5.75. The fourth-order valence-corrected chi connectivity index (χ4v) is 2.52. The molecule has 0 atom stereocenters. The SMILES string of the molecule is CC[n+]1ccn(-c2c(C(C)C)cccc2C(C)C)c1.[Br-]. The number of halogens is 1. The van der Waals surface area contributed by atoms with Gasteiger partial charge in [0.1, 0.15) is 18.1 Å². The van der Waals surface area contributed by atoms with Crippen molar-refractivity contribution >= 4 is 0 Å². The molecule has 0 fully saturated rings. The molecule has 0 spiro atoms. The van der Waals surface area contributed by atoms with E-state index in [0.717, 1.165) is 6.54 Å². The molecule has 2 nitrogen and oxygen atoms in total. The van der Waals surface area contributed by atoms with Gasteiger partial charge in [0, 0.05) is 11.1 Å². The summed E-state index contributed by atoms with van der Waals surface area (Å²) >= 11 is 0. The lowest BCUT2D eigenvalue weighted by Gasteiger charge is -2.16. The van der Waals surface area contributed by atoms with E-state index in [1.165, 1.54) is 16.8 Å². The molecule has 1 aromatic carbocycles. The number of hydrogen-bond acceptors (Lipinski definition) is 0. The maximum absolute atomic E-state index is 2.27. The third-order valence-corrected chi connectivity index (χ3v) is 3.66. The van der Waals surface area contributed by atoms with Gasteiger partial charge < -0.3 is 17.0 Å². The Labute approximate surface area is 133 Å². The van der Waals surface area contributed by atoms with Crippen molar-refractivity contribution in [2.75, 3.05) is 0 Å². The van der Waals surface area contributed by atoms with Crippen molar-refractivity contribution in [1.29, 1.82) is 0 Å². The van der Waals surface area contributed by atoms with Crippen LogP contribution < -0.4 is 21.5 Å². The van der Waals surface area contributed by atoms with Gasteiger partial charge in [-0.3, -0.25) is 0 Å². The molecule has 0 radical (unpaired) electrons. The number of hydrogen-bond donors (Lipinski definition) is 0. The molecule has 0 N–H and O–H groups in total. The van der Waals surface area contributed by atoms with Gasteiger partial charge in [0.25, 0.3) is 0 Å². The van der Waals surface area contributed by atoms with E-state index >= 15 is 0 Å². The summed E-state index contributed by atoms with van der Waals surface area (Å²) in [6, 6.07) is 6.69. The number of nitrogens with zero attached hydrogens (tertiary/aromatic N) is 2. The van der Waals surface area contributed by atoms with Crippen molar-refractivity contribution in [3.63, 3.8) is 0 Å². The second kappa shape index (κ2) is 7.07. The van der Waals surface area contributed by atoms with Gasteiger partial charge in [-0.15, -0.1) is 0 Å². The van der Waals surface area contributed by atoms with Crippen LogP contribution in [-0.2, 0) is 6.54 Å². The number of rotatable bonds is 4. The van der Waals surface area contributed by atoms with Gasteiger partial charge in [-0.25, -0.2) is 9.13 Å². The monoisotopic (exact) mass is 336 g/mol. The van der Waals surface area contributed by atoms with Crippen LogP contribution >= 0.6 is 0 Å². The summed E-state index contributed by atoms with van der Waals surface area (Å²) in [5, 5.41) is 0. The Morgan fingerprint density at radius 1 is 1.05 bits per heavy atom. The summed E-state index contributed by atoms with van der Waals surface area (Å²) in [7, 11) is 0. The average Bonchev–Trinajstić information content (AvgIpc) is 2.86. The Bertz CT molecular complexity index is 530. The van der Waals surface area contributed by atoms with Crippen molar-refractivity contribution in [3.05, 3.63) is 48.0 Å². The first-order chi connectivity index (χ1) is 9.04. The molecular weight excluding hydrogens is 312 g/mol. The minimum Gasteiger partial charge on any atom is -1.00 e. The van der Waals surface area contributed by atoms with E-state index in [-0.39, 0.29) is 17.0 Å². The van der Waals surface area contributed by atoms with Crippen LogP contribution in [0.3, 0.4) is 0 Å². The summed E-state index contributed by atoms with van der Waals surface area (Å²) in [5.74, 6) is 1.07. The molecule has 0 unspecified atom stereocenters. The predicted molar refractivity (Wildman–Crippen MR) is 79.8 cm³/mol. The van der Waals surface area contributed by atoms with E-state index in [9.17, 15) is 0 Å². The fraction of sp³-hybridized carbons (Fsp3) is 0.471. The Kier molecular flexibility index (Phi) is 6.00. The number of para-hydroxylation sites is 1. The van der Waals surface area contributed by atoms with Crippen molar-refractivity contribution in [2.45, 2.75) is 53.0 Å². The van der Waals surface area contributed by atoms with E-state index in [1.807, 2.05) is 0 Å². The van der Waals surface area contributed by atoms with E-state index in [4.69, 9.17) is 0 Å². The standard InChI is InChI=1S/C17H25N2.BrH/c1-6-18-10-11-19(12-18)17-15(13(2)3)8-7-9-16(17)14(4)5;/h7-14H,6H2,1-5H3;1H/q+1;/p-1. The Morgan fingerprint density at radius 3 is 2.00 bits per heavy atom. The van der Waals surface area contributed by atoms with Gasteiger partial charge in [0.2, 0.25) is 6.33 Å². The van der Waals surface area contributed by atoms with Gasteiger partial charge in [-0.1, -0.05) is 45.9 Å². The first kappa shape index (κ1) is 17.0. The molecule has 0 amide bonds. The molecule has 1 aromatic heterocycles. The number of aryl methyl sites for hydroxylation is 1. The molecule has 0 saturated heterocycles. The number of aromatic nitrogens is 2. The normalized spacial score (nSPS) is 10.9. The Morgan fingerprint density at radius 2 is 1.60 bits per heavy atom. The molecule has 3 heteroatoms. The lowest BCUT2D eigenvalue weighted by molar-refractivity contribution is -0.692. The summed E-state index contributed by atoms with van der Waals surface area (Å²) in [5.41, 5.74) is 4.20. The highest BCUT2D eigenvalue weighted by Crippen LogP contribution is 2.30. The van der Waals surface area contributed by atoms with Gasteiger partial charge in [-0.2, -0.15) is 0 Å². The molecule has 0 saturated carbocycles. The van der Waals surface area contributed by atoms with Crippen LogP contribution in [0.5, 0.6) is 0 Å². The number of imidazole rings is 1. The summed E-state index contributed by atoms with van der Waals surface area (Å²) in [6.07, 6.45) is 6.49. The van der Waals surface area contributed by atoms with E-state index in [0.29, 0.717) is 11.8 Å². The van der Waals surface area contributed by atoms with E-state index in [1.54, 1.807) is 0 Å². The molecular formula is C17H25BrN2. The predicted octanol–water partition coefficient (Wildman–Crippen LogP) is 1.04. The van der Waals surface area contributed by atoms with Crippen LogP contribution in [0.15, 0.2) is 36.9 Å². The minimum atomic E-state index is 0. The first-order valence-electron chi connectivity index (χ1n) is 7.24. The van der Waals surface area contributed by atoms with Gasteiger partial charge in [-0.05, 0) is 18.8 Å². The van der Waals surface area contributed by atoms with E-state index < -0.39 is 0 Å². The smallest absolute Gasteiger partial charge is 0.248 e. The molecule has 110 valence electrons. The molecule has 0 aliphatic carbocycles. The highest BCUT2D eigenvalue weighted by atomic mass is 79.9. The van der Waals surface area contributed by atoms with Gasteiger partial charge in [0.05, 0.1) is 6.54 Å². The van der Waals surface area contributed by atoms with Crippen LogP contribution in [0.4, 0.5) is 0 Å². The number of benzene rings is 1. The summed E-state index contributed by atoms with van der Waals surface area (Å²) in [6.45, 7) is 12.2. The second-order valence-electron chi connectivity index (χ2n) is 5.75. The zero-order chi connectivity index (χ0) is 14.0. The third kappa shape index (κ3) is 3.32. The topological polar surface area (TPSA) is 8.81 Å². The maximum atomic E-state index is 2.27. The molecule has 2 rings (SSSR count). The third-order valence-electron chi connectivity index (χ3n) is 3.66. The summed E-state index contributed by atoms with van der Waals surface area (Å²) < 4.78 is 4.48. The van der Waals surface area contributed by atoms with Crippen LogP contribution in [0.25, 0.3) is 5.69 Å². The molecule has 1 heterocycles. The molecule has 2 aromatic rings. The van der Waals surface area contributed by atoms with Crippen molar-refractivity contribution in [1.82, 2.24) is 4.57 Å². The largest absolute Gasteiger partial charge is 1.00 e. The first-order valence-corrected chi connectivity index (χ1v) is 7.24. The van der Waals surface area contributed by atoms with Crippen LogP contribution in [0.1, 0.15) is 57.6 Å². The highest BCUT2D eigenvalue weighted by molar-refractivity contribution is 5.50. The van der Waals surface area contributed by atoms with Gasteiger partial charge >= 0.3 is 0 Å². The Hall–Kier alpha value is -1.09. The molecule has 0 aliphatic rings. The van der Waals surface area contributed by atoms with Crippen LogP contribution in [-0.4, -0.2) is 4.57 Å². The molecule has 20 heavy (non-hydrogen) atoms. The van der Waals surface area contributed by atoms with Crippen molar-refractivity contribution in [3.8, 4) is 5.69 Å². The van der Waals surface area contributed by atoms with Crippen molar-refractivity contribution < 1.29 is 21.5 Å². The molecule has 0 bridgehead atoms. The van der Waals surface area contributed by atoms with Crippen molar-refractivity contribution in [2.24, 2.45) is 0 Å². The molecule has 0 aliphatic heterocycles. The maximum Gasteiger partial charge on any atom is 0.248 e. The van der Waals surface area contributed by atoms with Crippen LogP contribution in [0, 0.1) is 0 Å². The van der Waals surface area contributed by atoms with Crippen LogP contribution in [0.2, 0.25) is 0 Å². The zero-order valence-electron chi connectivity index (χ0n) is 13.1. The van der Waals surface area contributed by atoms with Gasteiger partial charge in [0.15, 0.2) is 0 Å².